The predicted molar refractivity (Wildman–Crippen MR) is 56.6 cm³/mol. The molecule has 1 aromatic rings. The average molecular weight is 247 g/mol. The molecule has 0 bridgehead atoms. The third-order valence-corrected chi connectivity index (χ3v) is 3.14. The molecule has 80 valence electrons. The van der Waals surface area contributed by atoms with Gasteiger partial charge in [0.1, 0.15) is 11.1 Å². The van der Waals surface area contributed by atoms with Crippen molar-refractivity contribution in [2.45, 2.75) is 10.9 Å². The molecule has 1 aliphatic heterocycles. The molecule has 0 radical (unpaired) electrons. The minimum Gasteiger partial charge on any atom is -0.472 e. The summed E-state index contributed by atoms with van der Waals surface area (Å²) in [6.45, 7) is 0. The Bertz CT molecular complexity index is 406. The van der Waals surface area contributed by atoms with Crippen molar-refractivity contribution in [3.8, 4) is 5.75 Å². The minimum atomic E-state index is -0.588. The van der Waals surface area contributed by atoms with E-state index in [1.54, 1.807) is 18.2 Å². The summed E-state index contributed by atoms with van der Waals surface area (Å²) in [6.07, 6.45) is 0. The number of carbonyl (C=O) groups is 1. The van der Waals surface area contributed by atoms with Crippen molar-refractivity contribution < 1.29 is 14.3 Å². The van der Waals surface area contributed by atoms with Crippen molar-refractivity contribution in [3.63, 3.8) is 0 Å². The first-order valence-electron chi connectivity index (χ1n) is 4.30. The quantitative estimate of drug-likeness (QED) is 0.565. The molecule has 1 aliphatic rings. The van der Waals surface area contributed by atoms with Gasteiger partial charge in [-0.1, -0.05) is 17.7 Å². The van der Waals surface area contributed by atoms with Crippen LogP contribution in [0.5, 0.6) is 5.75 Å². The van der Waals surface area contributed by atoms with E-state index in [1.807, 2.05) is 0 Å². The molecule has 3 nitrogen and oxygen atoms in total. The van der Waals surface area contributed by atoms with E-state index in [0.717, 1.165) is 5.56 Å². The first-order chi connectivity index (χ1) is 7.13. The summed E-state index contributed by atoms with van der Waals surface area (Å²) in [5.74, 6) is 0.128. The van der Waals surface area contributed by atoms with Gasteiger partial charge < -0.3 is 9.47 Å². The molecule has 2 rings (SSSR count). The topological polar surface area (TPSA) is 35.5 Å². The molecule has 1 aromatic carbocycles. The van der Waals surface area contributed by atoms with Gasteiger partial charge in [-0.3, -0.25) is 0 Å². The van der Waals surface area contributed by atoms with Crippen LogP contribution in [0.25, 0.3) is 0 Å². The van der Waals surface area contributed by atoms with E-state index in [0.29, 0.717) is 11.3 Å². The lowest BCUT2D eigenvalue weighted by Crippen LogP contribution is -2.05. The number of hydrogen-bond donors (Lipinski definition) is 0. The molecule has 0 saturated carbocycles. The zero-order valence-corrected chi connectivity index (χ0v) is 9.38. The van der Waals surface area contributed by atoms with Crippen LogP contribution in [0.15, 0.2) is 18.2 Å². The fraction of sp³-hybridized carbons (Fsp3) is 0.300. The maximum absolute atomic E-state index is 11.2. The second-order valence-electron chi connectivity index (χ2n) is 3.11. The number of benzene rings is 1. The summed E-state index contributed by atoms with van der Waals surface area (Å²) in [4.78, 5) is 11.2. The molecular formula is C10H8Cl2O3. The third kappa shape index (κ3) is 1.77. The highest BCUT2D eigenvalue weighted by Gasteiger charge is 2.31. The molecule has 0 aliphatic carbocycles. The maximum Gasteiger partial charge on any atom is 0.337 e. The average Bonchev–Trinajstić information content (AvgIpc) is 2.53. The molecule has 0 fully saturated rings. The van der Waals surface area contributed by atoms with Crippen molar-refractivity contribution >= 4 is 29.2 Å². The van der Waals surface area contributed by atoms with Gasteiger partial charge in [0.15, 0.2) is 5.56 Å². The Morgan fingerprint density at radius 2 is 2.20 bits per heavy atom. The van der Waals surface area contributed by atoms with Crippen LogP contribution in [-0.4, -0.2) is 18.6 Å². The largest absolute Gasteiger partial charge is 0.472 e. The van der Waals surface area contributed by atoms with Gasteiger partial charge >= 0.3 is 5.97 Å². The van der Waals surface area contributed by atoms with Gasteiger partial charge in [-0.15, -0.1) is 11.6 Å². The normalized spacial score (nSPS) is 23.1. The summed E-state index contributed by atoms with van der Waals surface area (Å²) in [5, 5.41) is -0.381. The van der Waals surface area contributed by atoms with E-state index < -0.39 is 11.5 Å². The molecule has 0 amide bonds. The molecule has 1 heterocycles. The number of alkyl halides is 2. The summed E-state index contributed by atoms with van der Waals surface area (Å²) in [6, 6.07) is 4.94. The highest BCUT2D eigenvalue weighted by atomic mass is 35.5. The highest BCUT2D eigenvalue weighted by molar-refractivity contribution is 6.30. The van der Waals surface area contributed by atoms with Crippen LogP contribution in [-0.2, 0) is 4.74 Å². The Balaban J connectivity index is 2.37. The van der Waals surface area contributed by atoms with Crippen molar-refractivity contribution in [2.75, 3.05) is 7.11 Å². The van der Waals surface area contributed by atoms with Gasteiger partial charge in [-0.25, -0.2) is 4.79 Å². The lowest BCUT2D eigenvalue weighted by molar-refractivity contribution is 0.0600. The Morgan fingerprint density at radius 1 is 1.47 bits per heavy atom. The smallest absolute Gasteiger partial charge is 0.337 e. The number of hydrogen-bond acceptors (Lipinski definition) is 3. The van der Waals surface area contributed by atoms with Crippen molar-refractivity contribution in [1.82, 2.24) is 0 Å². The Kier molecular flexibility index (Phi) is 2.76. The molecule has 5 heteroatoms. The zero-order valence-electron chi connectivity index (χ0n) is 7.87. The van der Waals surface area contributed by atoms with Crippen LogP contribution in [0.2, 0.25) is 0 Å². The standard InChI is InChI=1S/C10H8Cl2O3/c1-14-10(13)5-2-3-6-7(4-5)15-9(12)8(6)11/h2-4,8-9H,1H3/t8-,9-/m1/s1. The van der Waals surface area contributed by atoms with Crippen LogP contribution in [0.4, 0.5) is 0 Å². The monoisotopic (exact) mass is 246 g/mol. The zero-order chi connectivity index (χ0) is 11.0. The van der Waals surface area contributed by atoms with Gasteiger partial charge in [0.2, 0.25) is 0 Å². The summed E-state index contributed by atoms with van der Waals surface area (Å²) >= 11 is 11.8. The van der Waals surface area contributed by atoms with Gasteiger partial charge in [-0.2, -0.15) is 0 Å². The Labute approximate surface area is 96.9 Å². The third-order valence-electron chi connectivity index (χ3n) is 2.20. The molecule has 0 N–H and O–H groups in total. The fourth-order valence-electron chi connectivity index (χ4n) is 1.43. The summed E-state index contributed by atoms with van der Waals surface area (Å²) in [5.41, 5.74) is 0.629. The van der Waals surface area contributed by atoms with E-state index in [2.05, 4.69) is 4.74 Å². The maximum atomic E-state index is 11.2. The number of fused-ring (bicyclic) bond motifs is 1. The second kappa shape index (κ2) is 3.91. The number of methoxy groups -OCH3 is 1. The lowest BCUT2D eigenvalue weighted by atomic mass is 10.1. The molecule has 0 saturated heterocycles. The number of ether oxygens (including phenoxy) is 2. The van der Waals surface area contributed by atoms with Crippen LogP contribution in [0.1, 0.15) is 21.3 Å². The van der Waals surface area contributed by atoms with Crippen molar-refractivity contribution in [2.24, 2.45) is 0 Å². The molecule has 0 unspecified atom stereocenters. The summed E-state index contributed by atoms with van der Waals surface area (Å²) < 4.78 is 9.87. The van der Waals surface area contributed by atoms with Crippen LogP contribution >= 0.6 is 23.2 Å². The predicted octanol–water partition coefficient (Wildman–Crippen LogP) is 2.71. The minimum absolute atomic E-state index is 0.381. The first kappa shape index (κ1) is 10.6. The van der Waals surface area contributed by atoms with Crippen molar-refractivity contribution in [3.05, 3.63) is 29.3 Å². The van der Waals surface area contributed by atoms with Crippen LogP contribution in [0.3, 0.4) is 0 Å². The first-order valence-corrected chi connectivity index (χ1v) is 5.18. The molecule has 15 heavy (non-hydrogen) atoms. The van der Waals surface area contributed by atoms with E-state index >= 15 is 0 Å². The van der Waals surface area contributed by atoms with E-state index in [1.165, 1.54) is 7.11 Å². The number of rotatable bonds is 1. The number of esters is 1. The van der Waals surface area contributed by atoms with Crippen molar-refractivity contribution in [1.29, 1.82) is 0 Å². The Hall–Kier alpha value is -0.930. The van der Waals surface area contributed by atoms with Gasteiger partial charge in [-0.05, 0) is 12.1 Å². The molecule has 2 atom stereocenters. The Morgan fingerprint density at radius 3 is 2.87 bits per heavy atom. The highest BCUT2D eigenvalue weighted by Crippen LogP contribution is 2.42. The fourth-order valence-corrected chi connectivity index (χ4v) is 1.89. The van der Waals surface area contributed by atoms with Gasteiger partial charge in [0.25, 0.3) is 0 Å². The van der Waals surface area contributed by atoms with E-state index in [-0.39, 0.29) is 5.38 Å². The van der Waals surface area contributed by atoms with Gasteiger partial charge in [0.05, 0.1) is 12.7 Å². The summed E-state index contributed by atoms with van der Waals surface area (Å²) in [7, 11) is 1.32. The van der Waals surface area contributed by atoms with Gasteiger partial charge in [0, 0.05) is 5.56 Å². The molecular weight excluding hydrogens is 239 g/mol. The van der Waals surface area contributed by atoms with E-state index in [9.17, 15) is 4.79 Å². The lowest BCUT2D eigenvalue weighted by Gasteiger charge is -2.02. The molecule has 0 spiro atoms. The SMILES string of the molecule is COC(=O)c1ccc2c(c1)O[C@@H](Cl)[C@@H]2Cl. The second-order valence-corrected chi connectivity index (χ2v) is 4.02. The van der Waals surface area contributed by atoms with Crippen LogP contribution < -0.4 is 4.74 Å². The number of carbonyl (C=O) groups excluding carboxylic acids is 1. The number of halogens is 2. The molecule has 0 aromatic heterocycles. The van der Waals surface area contributed by atoms with E-state index in [4.69, 9.17) is 27.9 Å². The van der Waals surface area contributed by atoms with Crippen LogP contribution in [0, 0.1) is 0 Å².